The molecule has 0 radical (unpaired) electrons. The van der Waals surface area contributed by atoms with Crippen LogP contribution in [0.2, 0.25) is 0 Å². The van der Waals surface area contributed by atoms with E-state index < -0.39 is 0 Å². The van der Waals surface area contributed by atoms with Crippen LogP contribution in [-0.2, 0) is 9.63 Å². The maximum atomic E-state index is 10.8. The Balaban J connectivity index is 0. The summed E-state index contributed by atoms with van der Waals surface area (Å²) < 4.78 is 0.166. The predicted octanol–water partition coefficient (Wildman–Crippen LogP) is 1.18. The Morgan fingerprint density at radius 3 is 2.62 bits per heavy atom. The van der Waals surface area contributed by atoms with Crippen LogP contribution in [-0.4, -0.2) is 39.8 Å². The number of hydroxylamine groups is 1. The summed E-state index contributed by atoms with van der Waals surface area (Å²) in [6.45, 7) is 2.08. The van der Waals surface area contributed by atoms with Gasteiger partial charge in [0.05, 0.1) is 0 Å². The Labute approximate surface area is 112 Å². The van der Waals surface area contributed by atoms with Crippen molar-refractivity contribution < 1.29 is 9.63 Å². The SMILES string of the molecule is CCCCCC(=O)ONC(=S)S.[NaH]. The third-order valence-corrected chi connectivity index (χ3v) is 1.41. The number of carbonyl (C=O) groups excluding carboxylic acids is 1. The van der Waals surface area contributed by atoms with Crippen molar-refractivity contribution in [2.45, 2.75) is 32.6 Å². The monoisotopic (exact) mass is 231 g/mol. The summed E-state index contributed by atoms with van der Waals surface area (Å²) >= 11 is 8.25. The van der Waals surface area contributed by atoms with Gasteiger partial charge in [0, 0.05) is 6.42 Å². The molecule has 0 amide bonds. The van der Waals surface area contributed by atoms with Crippen molar-refractivity contribution in [1.29, 1.82) is 0 Å². The van der Waals surface area contributed by atoms with Crippen LogP contribution in [0.15, 0.2) is 0 Å². The van der Waals surface area contributed by atoms with Crippen molar-refractivity contribution in [3.8, 4) is 0 Å². The van der Waals surface area contributed by atoms with Crippen LogP contribution < -0.4 is 5.48 Å². The summed E-state index contributed by atoms with van der Waals surface area (Å²) in [7, 11) is 0. The summed E-state index contributed by atoms with van der Waals surface area (Å²) in [4.78, 5) is 15.4. The second-order valence-corrected chi connectivity index (χ2v) is 3.50. The molecular formula is C7H14NNaO2S2. The van der Waals surface area contributed by atoms with E-state index in [9.17, 15) is 4.79 Å². The molecule has 0 aromatic rings. The molecular weight excluding hydrogens is 217 g/mol. The summed E-state index contributed by atoms with van der Waals surface area (Å²) in [5, 5.41) is 0. The zero-order chi connectivity index (χ0) is 9.40. The Morgan fingerprint density at radius 2 is 2.15 bits per heavy atom. The average Bonchev–Trinajstić information content (AvgIpc) is 2.01. The van der Waals surface area contributed by atoms with Crippen LogP contribution in [0.4, 0.5) is 0 Å². The summed E-state index contributed by atoms with van der Waals surface area (Å²) in [6, 6.07) is 0. The van der Waals surface area contributed by atoms with Crippen LogP contribution in [0.25, 0.3) is 0 Å². The van der Waals surface area contributed by atoms with Gasteiger partial charge in [0.25, 0.3) is 0 Å². The number of rotatable bonds is 4. The van der Waals surface area contributed by atoms with Crippen LogP contribution >= 0.6 is 24.8 Å². The van der Waals surface area contributed by atoms with E-state index in [1.807, 2.05) is 0 Å². The molecule has 0 aliphatic rings. The average molecular weight is 231 g/mol. The molecule has 0 aliphatic carbocycles. The van der Waals surface area contributed by atoms with Crippen LogP contribution in [0.3, 0.4) is 0 Å². The molecule has 0 aromatic heterocycles. The molecule has 0 aromatic carbocycles. The second kappa shape index (κ2) is 10.8. The number of unbranched alkanes of at least 4 members (excludes halogenated alkanes) is 2. The standard InChI is InChI=1S/C7H13NO2S2.Na.H/c1-2-3-4-5-6(9)10-8-7(11)12;;/h2-5H2,1H3,(H2,8,11,12);;. The van der Waals surface area contributed by atoms with Gasteiger partial charge in [0.2, 0.25) is 0 Å². The van der Waals surface area contributed by atoms with Gasteiger partial charge in [-0.05, 0) is 18.6 Å². The number of carbonyl (C=O) groups is 1. The summed E-state index contributed by atoms with van der Waals surface area (Å²) in [5.41, 5.74) is 2.22. The number of thiocarbonyl (C=S) groups is 1. The van der Waals surface area contributed by atoms with E-state index in [0.717, 1.165) is 19.3 Å². The van der Waals surface area contributed by atoms with Crippen LogP contribution in [0, 0.1) is 0 Å². The van der Waals surface area contributed by atoms with Gasteiger partial charge in [-0.15, -0.1) is 12.6 Å². The van der Waals surface area contributed by atoms with E-state index in [-0.39, 0.29) is 39.8 Å². The van der Waals surface area contributed by atoms with Crippen LogP contribution in [0.1, 0.15) is 32.6 Å². The first kappa shape index (κ1) is 16.2. The fraction of sp³-hybridized carbons (Fsp3) is 0.714. The summed E-state index contributed by atoms with van der Waals surface area (Å²) in [5.74, 6) is -0.292. The van der Waals surface area contributed by atoms with Gasteiger partial charge in [-0.25, -0.2) is 10.3 Å². The van der Waals surface area contributed by atoms with Crippen molar-refractivity contribution in [2.75, 3.05) is 0 Å². The minimum absolute atomic E-state index is 0. The molecule has 0 saturated carbocycles. The molecule has 0 fully saturated rings. The Kier molecular flexibility index (Phi) is 13.4. The fourth-order valence-corrected chi connectivity index (χ4v) is 0.758. The normalized spacial score (nSPS) is 8.46. The van der Waals surface area contributed by atoms with E-state index in [4.69, 9.17) is 0 Å². The third kappa shape index (κ3) is 12.7. The van der Waals surface area contributed by atoms with E-state index in [2.05, 4.69) is 42.1 Å². The Bertz CT molecular complexity index is 167. The number of hydrogen-bond acceptors (Lipinski definition) is 3. The molecule has 0 aliphatic heterocycles. The zero-order valence-corrected chi connectivity index (χ0v) is 8.71. The Hall–Kier alpha value is 0.710. The van der Waals surface area contributed by atoms with Gasteiger partial charge in [-0.3, -0.25) is 0 Å². The van der Waals surface area contributed by atoms with E-state index in [1.165, 1.54) is 0 Å². The topological polar surface area (TPSA) is 38.3 Å². The van der Waals surface area contributed by atoms with Gasteiger partial charge in [0.1, 0.15) is 0 Å². The third-order valence-electron chi connectivity index (χ3n) is 1.24. The number of hydrogen-bond donors (Lipinski definition) is 2. The molecule has 0 unspecified atom stereocenters. The first-order valence-corrected chi connectivity index (χ1v) is 4.71. The number of nitrogens with one attached hydrogen (secondary N) is 1. The molecule has 3 nitrogen and oxygen atoms in total. The van der Waals surface area contributed by atoms with Gasteiger partial charge < -0.3 is 4.84 Å². The van der Waals surface area contributed by atoms with Crippen molar-refractivity contribution in [3.05, 3.63) is 0 Å². The molecule has 0 bridgehead atoms. The molecule has 0 rings (SSSR count). The van der Waals surface area contributed by atoms with Gasteiger partial charge >= 0.3 is 35.5 Å². The van der Waals surface area contributed by atoms with Crippen LogP contribution in [0.5, 0.6) is 0 Å². The zero-order valence-electron chi connectivity index (χ0n) is 7.00. The van der Waals surface area contributed by atoms with Crippen molar-refractivity contribution in [2.24, 2.45) is 0 Å². The summed E-state index contributed by atoms with van der Waals surface area (Å²) in [6.07, 6.45) is 3.42. The molecule has 0 saturated heterocycles. The van der Waals surface area contributed by atoms with E-state index in [1.54, 1.807) is 0 Å². The van der Waals surface area contributed by atoms with Crippen molar-refractivity contribution in [1.82, 2.24) is 5.48 Å². The molecule has 6 heteroatoms. The predicted molar refractivity (Wildman–Crippen MR) is 62.1 cm³/mol. The fourth-order valence-electron chi connectivity index (χ4n) is 0.671. The molecule has 13 heavy (non-hydrogen) atoms. The van der Waals surface area contributed by atoms with Crippen molar-refractivity contribution >= 4 is 64.7 Å². The quantitative estimate of drug-likeness (QED) is 0.250. The van der Waals surface area contributed by atoms with E-state index in [0.29, 0.717) is 6.42 Å². The first-order chi connectivity index (χ1) is 5.66. The van der Waals surface area contributed by atoms with E-state index >= 15 is 0 Å². The molecule has 72 valence electrons. The minimum atomic E-state index is -0.292. The molecule has 0 atom stereocenters. The maximum absolute atomic E-state index is 10.8. The molecule has 0 spiro atoms. The molecule has 0 heterocycles. The first-order valence-electron chi connectivity index (χ1n) is 3.85. The van der Waals surface area contributed by atoms with Gasteiger partial charge in [-0.1, -0.05) is 19.8 Å². The Morgan fingerprint density at radius 1 is 1.54 bits per heavy atom. The van der Waals surface area contributed by atoms with Crippen molar-refractivity contribution in [3.63, 3.8) is 0 Å². The molecule has 1 N–H and O–H groups in total. The van der Waals surface area contributed by atoms with Gasteiger partial charge in [-0.2, -0.15) is 0 Å². The second-order valence-electron chi connectivity index (χ2n) is 2.34. The van der Waals surface area contributed by atoms with Gasteiger partial charge in [0.15, 0.2) is 4.32 Å². The number of thiol groups is 1.